The van der Waals surface area contributed by atoms with E-state index in [1.165, 1.54) is 17.5 Å². The average Bonchev–Trinajstić information content (AvgIpc) is 2.37. The van der Waals surface area contributed by atoms with Crippen LogP contribution in [0.1, 0.15) is 57.7 Å². The van der Waals surface area contributed by atoms with Gasteiger partial charge in [0, 0.05) is 19.2 Å². The Bertz CT molecular complexity index is 356. The lowest BCUT2D eigenvalue weighted by Crippen LogP contribution is -2.32. The molecule has 0 amide bonds. The molecule has 1 rings (SSSR count). The quantitative estimate of drug-likeness (QED) is 0.749. The van der Waals surface area contributed by atoms with Crippen molar-refractivity contribution >= 4 is 0 Å². The number of aliphatic hydroxyl groups is 1. The van der Waals surface area contributed by atoms with Gasteiger partial charge in [0.15, 0.2) is 0 Å². The Morgan fingerprint density at radius 3 is 2.37 bits per heavy atom. The molecular weight excluding hydrogens is 234 g/mol. The molecule has 1 aromatic carbocycles. The second-order valence-corrected chi connectivity index (χ2v) is 6.23. The fourth-order valence-electron chi connectivity index (χ4n) is 2.20. The first-order chi connectivity index (χ1) is 8.98. The molecule has 108 valence electrons. The van der Waals surface area contributed by atoms with Crippen molar-refractivity contribution in [2.75, 3.05) is 13.2 Å². The topological polar surface area (TPSA) is 32.3 Å². The molecular formula is C17H29NO. The van der Waals surface area contributed by atoms with E-state index in [1.54, 1.807) is 0 Å². The van der Waals surface area contributed by atoms with Gasteiger partial charge in [0.2, 0.25) is 0 Å². The van der Waals surface area contributed by atoms with E-state index in [0.717, 1.165) is 19.4 Å². The van der Waals surface area contributed by atoms with Crippen LogP contribution in [-0.4, -0.2) is 18.3 Å². The highest BCUT2D eigenvalue weighted by molar-refractivity contribution is 5.24. The smallest absolute Gasteiger partial charge is 0.0436 e. The van der Waals surface area contributed by atoms with E-state index >= 15 is 0 Å². The minimum absolute atomic E-state index is 0.144. The van der Waals surface area contributed by atoms with Crippen LogP contribution in [0.5, 0.6) is 0 Å². The van der Waals surface area contributed by atoms with E-state index in [9.17, 15) is 0 Å². The Morgan fingerprint density at radius 1 is 1.21 bits per heavy atom. The van der Waals surface area contributed by atoms with Crippen molar-refractivity contribution in [3.8, 4) is 0 Å². The first kappa shape index (κ1) is 16.2. The van der Waals surface area contributed by atoms with Gasteiger partial charge in [0.05, 0.1) is 0 Å². The minimum Gasteiger partial charge on any atom is -0.396 e. The van der Waals surface area contributed by atoms with E-state index in [1.807, 2.05) is 0 Å². The summed E-state index contributed by atoms with van der Waals surface area (Å²) in [5.74, 6) is 0. The molecule has 0 fully saturated rings. The van der Waals surface area contributed by atoms with Gasteiger partial charge < -0.3 is 10.4 Å². The zero-order valence-corrected chi connectivity index (χ0v) is 12.9. The third-order valence-electron chi connectivity index (χ3n) is 3.69. The van der Waals surface area contributed by atoms with Crippen LogP contribution < -0.4 is 5.32 Å². The molecule has 0 spiro atoms. The van der Waals surface area contributed by atoms with Gasteiger partial charge in [-0.05, 0) is 36.3 Å². The Hall–Kier alpha value is -0.860. The molecule has 19 heavy (non-hydrogen) atoms. The second kappa shape index (κ2) is 7.66. The molecule has 0 aromatic heterocycles. The Labute approximate surface area is 118 Å². The number of aryl methyl sites for hydroxylation is 1. The molecule has 1 unspecified atom stereocenters. The van der Waals surface area contributed by atoms with E-state index in [0.29, 0.717) is 6.04 Å². The third-order valence-corrected chi connectivity index (χ3v) is 3.69. The summed E-state index contributed by atoms with van der Waals surface area (Å²) in [6.07, 6.45) is 3.19. The van der Waals surface area contributed by atoms with Crippen LogP contribution >= 0.6 is 0 Å². The van der Waals surface area contributed by atoms with Gasteiger partial charge >= 0.3 is 0 Å². The van der Waals surface area contributed by atoms with Gasteiger partial charge in [-0.25, -0.2) is 0 Å². The lowest BCUT2D eigenvalue weighted by molar-refractivity contribution is 0.204. The molecule has 0 aliphatic heterocycles. The van der Waals surface area contributed by atoms with Crippen molar-refractivity contribution in [1.29, 1.82) is 0 Å². The Morgan fingerprint density at radius 2 is 1.84 bits per heavy atom. The summed E-state index contributed by atoms with van der Waals surface area (Å²) in [7, 11) is 0. The van der Waals surface area contributed by atoms with Crippen molar-refractivity contribution in [2.45, 2.75) is 53.0 Å². The zero-order chi connectivity index (χ0) is 14.3. The van der Waals surface area contributed by atoms with Gasteiger partial charge in [0.25, 0.3) is 0 Å². The van der Waals surface area contributed by atoms with Crippen molar-refractivity contribution < 1.29 is 5.11 Å². The minimum atomic E-state index is 0.144. The molecule has 0 bridgehead atoms. The predicted molar refractivity (Wildman–Crippen MR) is 82.3 cm³/mol. The maximum Gasteiger partial charge on any atom is 0.0436 e. The van der Waals surface area contributed by atoms with Crippen molar-refractivity contribution in [2.24, 2.45) is 5.41 Å². The highest BCUT2D eigenvalue weighted by Crippen LogP contribution is 2.21. The fourth-order valence-corrected chi connectivity index (χ4v) is 2.20. The normalized spacial score (nSPS) is 13.5. The Balaban J connectivity index is 2.51. The van der Waals surface area contributed by atoms with Crippen molar-refractivity contribution in [1.82, 2.24) is 5.32 Å². The van der Waals surface area contributed by atoms with Crippen LogP contribution in [-0.2, 0) is 6.42 Å². The van der Waals surface area contributed by atoms with E-state index < -0.39 is 0 Å². The third kappa shape index (κ3) is 5.75. The maximum atomic E-state index is 9.04. The summed E-state index contributed by atoms with van der Waals surface area (Å²) in [4.78, 5) is 0. The lowest BCUT2D eigenvalue weighted by atomic mass is 9.89. The fraction of sp³-hybridized carbons (Fsp3) is 0.647. The van der Waals surface area contributed by atoms with Crippen LogP contribution in [0.2, 0.25) is 0 Å². The zero-order valence-electron chi connectivity index (χ0n) is 12.9. The lowest BCUT2D eigenvalue weighted by Gasteiger charge is -2.26. The molecule has 0 heterocycles. The average molecular weight is 263 g/mol. The highest BCUT2D eigenvalue weighted by atomic mass is 16.3. The summed E-state index contributed by atoms with van der Waals surface area (Å²) in [5.41, 5.74) is 2.89. The van der Waals surface area contributed by atoms with Crippen LogP contribution in [0.3, 0.4) is 0 Å². The number of hydrogen-bond acceptors (Lipinski definition) is 2. The molecule has 2 N–H and O–H groups in total. The predicted octanol–water partition coefficient (Wildman–Crippen LogP) is 3.70. The summed E-state index contributed by atoms with van der Waals surface area (Å²) >= 11 is 0. The van der Waals surface area contributed by atoms with Crippen LogP contribution in [0, 0.1) is 5.41 Å². The van der Waals surface area contributed by atoms with E-state index in [-0.39, 0.29) is 12.0 Å². The second-order valence-electron chi connectivity index (χ2n) is 6.23. The molecule has 2 nitrogen and oxygen atoms in total. The monoisotopic (exact) mass is 263 g/mol. The largest absolute Gasteiger partial charge is 0.396 e. The molecule has 2 heteroatoms. The van der Waals surface area contributed by atoms with Crippen LogP contribution in [0.4, 0.5) is 0 Å². The molecule has 1 atom stereocenters. The standard InChI is InChI=1S/C17H29NO/c1-5-6-15-7-9-16(10-8-15)14(2)18-13-17(3,4)11-12-19/h7-10,14,18-19H,5-6,11-13H2,1-4H3. The summed E-state index contributed by atoms with van der Waals surface area (Å²) in [5, 5.41) is 12.6. The van der Waals surface area contributed by atoms with Gasteiger partial charge in [-0.3, -0.25) is 0 Å². The number of aliphatic hydroxyl groups excluding tert-OH is 1. The molecule has 1 aromatic rings. The Kier molecular flexibility index (Phi) is 6.53. The molecule has 0 radical (unpaired) electrons. The summed E-state index contributed by atoms with van der Waals surface area (Å²) in [6.45, 7) is 9.96. The van der Waals surface area contributed by atoms with Gasteiger partial charge in [-0.1, -0.05) is 51.5 Å². The van der Waals surface area contributed by atoms with Crippen molar-refractivity contribution in [3.05, 3.63) is 35.4 Å². The van der Waals surface area contributed by atoms with Gasteiger partial charge in [0.1, 0.15) is 0 Å². The van der Waals surface area contributed by atoms with Crippen LogP contribution in [0.25, 0.3) is 0 Å². The summed E-state index contributed by atoms with van der Waals surface area (Å²) < 4.78 is 0. The van der Waals surface area contributed by atoms with E-state index in [4.69, 9.17) is 5.11 Å². The molecule has 0 aliphatic rings. The SMILES string of the molecule is CCCc1ccc(C(C)NCC(C)(C)CCO)cc1. The van der Waals surface area contributed by atoms with Gasteiger partial charge in [-0.2, -0.15) is 0 Å². The molecule has 0 saturated heterocycles. The summed E-state index contributed by atoms with van der Waals surface area (Å²) in [6, 6.07) is 9.27. The first-order valence-corrected chi connectivity index (χ1v) is 7.41. The number of hydrogen-bond donors (Lipinski definition) is 2. The molecule has 0 aliphatic carbocycles. The molecule has 0 saturated carbocycles. The highest BCUT2D eigenvalue weighted by Gasteiger charge is 2.18. The number of benzene rings is 1. The van der Waals surface area contributed by atoms with E-state index in [2.05, 4.69) is 57.3 Å². The van der Waals surface area contributed by atoms with Gasteiger partial charge in [-0.15, -0.1) is 0 Å². The maximum absolute atomic E-state index is 9.04. The van der Waals surface area contributed by atoms with Crippen molar-refractivity contribution in [3.63, 3.8) is 0 Å². The number of rotatable bonds is 8. The van der Waals surface area contributed by atoms with Crippen LogP contribution in [0.15, 0.2) is 24.3 Å². The first-order valence-electron chi connectivity index (χ1n) is 7.41. The number of nitrogens with one attached hydrogen (secondary N) is 1.